The van der Waals surface area contributed by atoms with Crippen molar-refractivity contribution in [2.45, 2.75) is 78.2 Å². The number of carbonyl (C=O) groups excluding carboxylic acids is 1. The summed E-state index contributed by atoms with van der Waals surface area (Å²) < 4.78 is 5.72. The van der Waals surface area contributed by atoms with E-state index in [-0.39, 0.29) is 11.9 Å². The van der Waals surface area contributed by atoms with Crippen LogP contribution < -0.4 is 10.1 Å². The van der Waals surface area contributed by atoms with Crippen molar-refractivity contribution in [2.75, 3.05) is 11.9 Å². The first kappa shape index (κ1) is 22.9. The lowest BCUT2D eigenvalue weighted by atomic mass is 10.0. The Morgan fingerprint density at radius 2 is 1.72 bits per heavy atom. The molecule has 0 aliphatic heterocycles. The summed E-state index contributed by atoms with van der Waals surface area (Å²) in [6.45, 7) is 7.03. The molecule has 0 saturated heterocycles. The van der Waals surface area contributed by atoms with E-state index >= 15 is 0 Å². The molecule has 1 heterocycles. The zero-order valence-electron chi connectivity index (χ0n) is 18.2. The summed E-state index contributed by atoms with van der Waals surface area (Å²) in [4.78, 5) is 17.4. The summed E-state index contributed by atoms with van der Waals surface area (Å²) in [6.07, 6.45) is 12.1. The first-order valence-electron chi connectivity index (χ1n) is 11.1. The normalized spacial score (nSPS) is 10.9. The van der Waals surface area contributed by atoms with Crippen LogP contribution in [0.1, 0.15) is 88.1 Å². The maximum atomic E-state index is 13.0. The monoisotopic (exact) mass is 396 g/mol. The van der Waals surface area contributed by atoms with Crippen molar-refractivity contribution < 1.29 is 9.53 Å². The standard InChI is InChI=1S/C25H36N2O2/c1-4-5-6-7-8-9-10-11-17-26-25-23(16-13-18-27-25)24(28)21-14-12-15-22(19-21)29-20(2)3/h12-16,18-20H,4-11,17H2,1-3H3,(H,26,27). The Labute approximate surface area is 176 Å². The van der Waals surface area contributed by atoms with E-state index in [2.05, 4.69) is 17.2 Å². The molecule has 29 heavy (non-hydrogen) atoms. The van der Waals surface area contributed by atoms with Gasteiger partial charge in [0.1, 0.15) is 11.6 Å². The highest BCUT2D eigenvalue weighted by atomic mass is 16.5. The van der Waals surface area contributed by atoms with Crippen molar-refractivity contribution in [1.29, 1.82) is 0 Å². The third-order valence-corrected chi connectivity index (χ3v) is 4.84. The fourth-order valence-corrected chi connectivity index (χ4v) is 3.33. The lowest BCUT2D eigenvalue weighted by Crippen LogP contribution is -2.11. The molecule has 0 radical (unpaired) electrons. The van der Waals surface area contributed by atoms with Gasteiger partial charge in [-0.1, -0.05) is 64.0 Å². The van der Waals surface area contributed by atoms with Crippen molar-refractivity contribution in [1.82, 2.24) is 4.98 Å². The topological polar surface area (TPSA) is 51.2 Å². The number of hydrogen-bond donors (Lipinski definition) is 1. The SMILES string of the molecule is CCCCCCCCCCNc1ncccc1C(=O)c1cccc(OC(C)C)c1. The Kier molecular flexibility index (Phi) is 10.3. The van der Waals surface area contributed by atoms with Gasteiger partial charge >= 0.3 is 0 Å². The smallest absolute Gasteiger partial charge is 0.196 e. The van der Waals surface area contributed by atoms with E-state index in [0.717, 1.165) is 13.0 Å². The molecule has 4 heteroatoms. The zero-order valence-corrected chi connectivity index (χ0v) is 18.2. The quantitative estimate of drug-likeness (QED) is 0.287. The summed E-state index contributed by atoms with van der Waals surface area (Å²) in [7, 11) is 0. The minimum absolute atomic E-state index is 0.0364. The average molecular weight is 397 g/mol. The van der Waals surface area contributed by atoms with E-state index in [0.29, 0.717) is 22.7 Å². The summed E-state index contributed by atoms with van der Waals surface area (Å²) in [5.74, 6) is 1.34. The van der Waals surface area contributed by atoms with Crippen LogP contribution in [-0.4, -0.2) is 23.4 Å². The van der Waals surface area contributed by atoms with Crippen molar-refractivity contribution in [3.05, 3.63) is 53.7 Å². The number of rotatable bonds is 14. The van der Waals surface area contributed by atoms with Gasteiger partial charge in [0, 0.05) is 18.3 Å². The number of anilines is 1. The lowest BCUT2D eigenvalue weighted by Gasteiger charge is -2.12. The average Bonchev–Trinajstić information content (AvgIpc) is 2.72. The first-order valence-corrected chi connectivity index (χ1v) is 11.1. The number of ketones is 1. The third kappa shape index (κ3) is 8.26. The molecule has 0 fully saturated rings. The van der Waals surface area contributed by atoms with Gasteiger partial charge in [-0.25, -0.2) is 4.98 Å². The summed E-state index contributed by atoms with van der Waals surface area (Å²) in [5.41, 5.74) is 1.22. The van der Waals surface area contributed by atoms with Gasteiger partial charge in [0.05, 0.1) is 11.7 Å². The van der Waals surface area contributed by atoms with Gasteiger partial charge in [-0.15, -0.1) is 0 Å². The molecule has 0 bridgehead atoms. The minimum Gasteiger partial charge on any atom is -0.491 e. The first-order chi connectivity index (χ1) is 14.1. The van der Waals surface area contributed by atoms with Crippen LogP contribution in [0.25, 0.3) is 0 Å². The molecule has 0 aliphatic rings. The van der Waals surface area contributed by atoms with Crippen LogP contribution in [0.3, 0.4) is 0 Å². The Morgan fingerprint density at radius 3 is 2.45 bits per heavy atom. The largest absolute Gasteiger partial charge is 0.491 e. The van der Waals surface area contributed by atoms with Gasteiger partial charge in [0.2, 0.25) is 0 Å². The van der Waals surface area contributed by atoms with E-state index < -0.39 is 0 Å². The van der Waals surface area contributed by atoms with Crippen molar-refractivity contribution in [3.63, 3.8) is 0 Å². The van der Waals surface area contributed by atoms with Crippen LogP contribution in [0.2, 0.25) is 0 Å². The second kappa shape index (κ2) is 13.0. The number of unbranched alkanes of at least 4 members (excludes halogenated alkanes) is 7. The van der Waals surface area contributed by atoms with Gasteiger partial charge in [0.25, 0.3) is 0 Å². The molecule has 0 aliphatic carbocycles. The van der Waals surface area contributed by atoms with Crippen LogP contribution in [0.5, 0.6) is 5.75 Å². The molecule has 0 amide bonds. The Morgan fingerprint density at radius 1 is 1.00 bits per heavy atom. The Balaban J connectivity index is 1.87. The highest BCUT2D eigenvalue weighted by Crippen LogP contribution is 2.21. The summed E-state index contributed by atoms with van der Waals surface area (Å²) in [5, 5.41) is 3.36. The number of nitrogens with one attached hydrogen (secondary N) is 1. The molecule has 1 aromatic carbocycles. The number of pyridine rings is 1. The van der Waals surface area contributed by atoms with Gasteiger partial charge < -0.3 is 10.1 Å². The number of nitrogens with zero attached hydrogens (tertiary/aromatic N) is 1. The van der Waals surface area contributed by atoms with Gasteiger partial charge in [-0.2, -0.15) is 0 Å². The number of ether oxygens (including phenoxy) is 1. The minimum atomic E-state index is -0.0364. The van der Waals surface area contributed by atoms with E-state index in [4.69, 9.17) is 4.74 Å². The fourth-order valence-electron chi connectivity index (χ4n) is 3.33. The third-order valence-electron chi connectivity index (χ3n) is 4.84. The molecule has 0 atom stereocenters. The number of aromatic nitrogens is 1. The molecule has 0 unspecified atom stereocenters. The second-order valence-corrected chi connectivity index (χ2v) is 7.82. The highest BCUT2D eigenvalue weighted by molar-refractivity contribution is 6.12. The Bertz CT molecular complexity index is 743. The molecule has 0 spiro atoms. The van der Waals surface area contributed by atoms with E-state index in [1.54, 1.807) is 12.3 Å². The van der Waals surface area contributed by atoms with Gasteiger partial charge in [0.15, 0.2) is 5.78 Å². The molecular weight excluding hydrogens is 360 g/mol. The predicted molar refractivity (Wildman–Crippen MR) is 121 cm³/mol. The molecule has 1 N–H and O–H groups in total. The predicted octanol–water partition coefficient (Wildman–Crippen LogP) is 6.65. The van der Waals surface area contributed by atoms with Crippen LogP contribution in [0.4, 0.5) is 5.82 Å². The van der Waals surface area contributed by atoms with Crippen LogP contribution >= 0.6 is 0 Å². The number of benzene rings is 1. The van der Waals surface area contributed by atoms with Gasteiger partial charge in [-0.3, -0.25) is 4.79 Å². The molecule has 1 aromatic heterocycles. The van der Waals surface area contributed by atoms with E-state index in [9.17, 15) is 4.79 Å². The molecule has 0 saturated carbocycles. The fraction of sp³-hybridized carbons (Fsp3) is 0.520. The maximum absolute atomic E-state index is 13.0. The molecular formula is C25H36N2O2. The molecule has 2 aromatic rings. The van der Waals surface area contributed by atoms with Crippen LogP contribution in [0, 0.1) is 0 Å². The van der Waals surface area contributed by atoms with Crippen molar-refractivity contribution in [2.24, 2.45) is 0 Å². The molecule has 4 nitrogen and oxygen atoms in total. The van der Waals surface area contributed by atoms with Gasteiger partial charge in [-0.05, 0) is 44.5 Å². The van der Waals surface area contributed by atoms with E-state index in [1.165, 1.54) is 44.9 Å². The van der Waals surface area contributed by atoms with Crippen molar-refractivity contribution >= 4 is 11.6 Å². The van der Waals surface area contributed by atoms with Crippen LogP contribution in [0.15, 0.2) is 42.6 Å². The lowest BCUT2D eigenvalue weighted by molar-refractivity contribution is 0.103. The van der Waals surface area contributed by atoms with E-state index in [1.807, 2.05) is 44.2 Å². The second-order valence-electron chi connectivity index (χ2n) is 7.82. The molecule has 2 rings (SSSR count). The van der Waals surface area contributed by atoms with Crippen LogP contribution in [-0.2, 0) is 0 Å². The summed E-state index contributed by atoms with van der Waals surface area (Å²) in [6, 6.07) is 11.0. The molecule has 158 valence electrons. The Hall–Kier alpha value is -2.36. The summed E-state index contributed by atoms with van der Waals surface area (Å²) >= 11 is 0. The number of carbonyl (C=O) groups is 1. The number of hydrogen-bond acceptors (Lipinski definition) is 4. The zero-order chi connectivity index (χ0) is 20.9. The van der Waals surface area contributed by atoms with Crippen molar-refractivity contribution in [3.8, 4) is 5.75 Å². The maximum Gasteiger partial charge on any atom is 0.196 e. The highest BCUT2D eigenvalue weighted by Gasteiger charge is 2.15.